The van der Waals surface area contributed by atoms with Gasteiger partial charge in [-0.2, -0.15) is 0 Å². The molecule has 0 spiro atoms. The number of hydrogen-bond donors (Lipinski definition) is 0. The molecule has 0 N–H and O–H groups in total. The molecule has 0 heterocycles. The predicted octanol–water partition coefficient (Wildman–Crippen LogP) is 6.46. The topological polar surface area (TPSA) is 0 Å². The summed E-state index contributed by atoms with van der Waals surface area (Å²) in [5, 5.41) is 0. The molecule has 2 aromatic rings. The molecule has 126 valence electrons. The molecule has 0 fully saturated rings. The van der Waals surface area contributed by atoms with E-state index in [1.807, 2.05) is 6.08 Å². The fraction of sp³-hybridized carbons (Fsp3) is 0.333. The van der Waals surface area contributed by atoms with Crippen LogP contribution in [0, 0.1) is 17.5 Å². The molecule has 0 nitrogen and oxygen atoms in total. The highest BCUT2D eigenvalue weighted by Gasteiger charge is 2.19. The SMILES string of the molecule is CCCC1=Cc2cc(F)c(-c3ccc(CC)c(F)c3F)cc2CC1. The van der Waals surface area contributed by atoms with Gasteiger partial charge in [-0.3, -0.25) is 0 Å². The lowest BCUT2D eigenvalue weighted by molar-refractivity contribution is 0.501. The Bertz CT molecular complexity index is 803. The standard InChI is InChI=1S/C21H21F3/c1-3-5-13-6-7-15-11-18(19(22)12-16(15)10-13)17-9-8-14(4-2)20(23)21(17)24/h8-12H,3-7H2,1-2H3. The van der Waals surface area contributed by atoms with Crippen LogP contribution in [0.5, 0.6) is 0 Å². The average Bonchev–Trinajstić information content (AvgIpc) is 2.57. The van der Waals surface area contributed by atoms with Gasteiger partial charge in [-0.15, -0.1) is 0 Å². The minimum atomic E-state index is -0.966. The minimum absolute atomic E-state index is 0.00617. The highest BCUT2D eigenvalue weighted by atomic mass is 19.2. The number of aryl methyl sites for hydroxylation is 2. The summed E-state index contributed by atoms with van der Waals surface area (Å²) in [6.45, 7) is 3.88. The Morgan fingerprint density at radius 1 is 0.917 bits per heavy atom. The molecular weight excluding hydrogens is 309 g/mol. The van der Waals surface area contributed by atoms with Crippen LogP contribution in [0.25, 0.3) is 17.2 Å². The van der Waals surface area contributed by atoms with E-state index in [2.05, 4.69) is 6.92 Å². The zero-order valence-corrected chi connectivity index (χ0v) is 14.1. The van der Waals surface area contributed by atoms with Crippen molar-refractivity contribution in [1.82, 2.24) is 0 Å². The maximum atomic E-state index is 14.6. The minimum Gasteiger partial charge on any atom is -0.206 e. The van der Waals surface area contributed by atoms with Crippen LogP contribution in [0.15, 0.2) is 29.8 Å². The third-order valence-electron chi connectivity index (χ3n) is 4.71. The van der Waals surface area contributed by atoms with E-state index in [9.17, 15) is 13.2 Å². The molecule has 3 heteroatoms. The Morgan fingerprint density at radius 2 is 1.71 bits per heavy atom. The normalized spacial score (nSPS) is 13.6. The van der Waals surface area contributed by atoms with Crippen molar-refractivity contribution in [2.45, 2.75) is 46.0 Å². The first kappa shape index (κ1) is 16.8. The van der Waals surface area contributed by atoms with Gasteiger partial charge in [-0.25, -0.2) is 13.2 Å². The summed E-state index contributed by atoms with van der Waals surface area (Å²) in [6, 6.07) is 6.13. The molecule has 0 unspecified atom stereocenters. The van der Waals surface area contributed by atoms with Crippen LogP contribution in [0.2, 0.25) is 0 Å². The van der Waals surface area contributed by atoms with Gasteiger partial charge < -0.3 is 0 Å². The van der Waals surface area contributed by atoms with Gasteiger partial charge in [0.15, 0.2) is 11.6 Å². The molecule has 1 aliphatic carbocycles. The molecule has 0 aromatic heterocycles. The molecule has 1 aliphatic rings. The van der Waals surface area contributed by atoms with E-state index in [1.165, 1.54) is 23.8 Å². The van der Waals surface area contributed by atoms with E-state index in [1.54, 1.807) is 13.0 Å². The second-order valence-electron chi connectivity index (χ2n) is 6.34. The highest BCUT2D eigenvalue weighted by molar-refractivity contribution is 5.71. The fourth-order valence-electron chi connectivity index (χ4n) is 3.37. The molecule has 0 radical (unpaired) electrons. The van der Waals surface area contributed by atoms with Crippen LogP contribution in [0.3, 0.4) is 0 Å². The Balaban J connectivity index is 2.07. The van der Waals surface area contributed by atoms with Gasteiger partial charge in [0.25, 0.3) is 0 Å². The van der Waals surface area contributed by atoms with Crippen molar-refractivity contribution in [3.63, 3.8) is 0 Å². The highest BCUT2D eigenvalue weighted by Crippen LogP contribution is 2.34. The van der Waals surface area contributed by atoms with Crippen molar-refractivity contribution >= 4 is 6.08 Å². The first-order valence-corrected chi connectivity index (χ1v) is 8.54. The number of halogens is 3. The second-order valence-corrected chi connectivity index (χ2v) is 6.34. The van der Waals surface area contributed by atoms with Crippen LogP contribution >= 0.6 is 0 Å². The molecule has 0 saturated heterocycles. The molecule has 0 bridgehead atoms. The molecule has 3 rings (SSSR count). The second kappa shape index (κ2) is 6.84. The van der Waals surface area contributed by atoms with E-state index >= 15 is 0 Å². The van der Waals surface area contributed by atoms with Crippen molar-refractivity contribution in [2.75, 3.05) is 0 Å². The maximum absolute atomic E-state index is 14.6. The van der Waals surface area contributed by atoms with E-state index in [0.29, 0.717) is 12.0 Å². The first-order chi connectivity index (χ1) is 11.5. The Labute approximate surface area is 141 Å². The van der Waals surface area contributed by atoms with Gasteiger partial charge in [0, 0.05) is 11.1 Å². The van der Waals surface area contributed by atoms with E-state index in [0.717, 1.165) is 36.8 Å². The van der Waals surface area contributed by atoms with Crippen molar-refractivity contribution < 1.29 is 13.2 Å². The summed E-state index contributed by atoms with van der Waals surface area (Å²) < 4.78 is 43.0. The molecule has 2 aromatic carbocycles. The third-order valence-corrected chi connectivity index (χ3v) is 4.71. The van der Waals surface area contributed by atoms with Gasteiger partial charge in [0.05, 0.1) is 0 Å². The molecule has 0 aliphatic heterocycles. The Hall–Kier alpha value is -2.03. The van der Waals surface area contributed by atoms with Crippen molar-refractivity contribution in [2.24, 2.45) is 0 Å². The zero-order chi connectivity index (χ0) is 17.3. The van der Waals surface area contributed by atoms with Crippen molar-refractivity contribution in [3.8, 4) is 11.1 Å². The fourth-order valence-corrected chi connectivity index (χ4v) is 3.37. The lowest BCUT2D eigenvalue weighted by Gasteiger charge is -2.18. The van der Waals surface area contributed by atoms with Crippen molar-refractivity contribution in [1.29, 1.82) is 0 Å². The van der Waals surface area contributed by atoms with Crippen LogP contribution in [-0.4, -0.2) is 0 Å². The summed E-state index contributed by atoms with van der Waals surface area (Å²) in [5.41, 5.74) is 3.61. The van der Waals surface area contributed by atoms with Gasteiger partial charge in [0.2, 0.25) is 0 Å². The summed E-state index contributed by atoms with van der Waals surface area (Å²) in [5.74, 6) is -2.35. The smallest absolute Gasteiger partial charge is 0.167 e. The first-order valence-electron chi connectivity index (χ1n) is 8.54. The largest absolute Gasteiger partial charge is 0.206 e. The molecule has 24 heavy (non-hydrogen) atoms. The summed E-state index contributed by atoms with van der Waals surface area (Å²) in [7, 11) is 0. The van der Waals surface area contributed by atoms with Crippen LogP contribution < -0.4 is 0 Å². The Kier molecular flexibility index (Phi) is 4.79. The van der Waals surface area contributed by atoms with E-state index in [-0.39, 0.29) is 11.1 Å². The number of allylic oxidation sites excluding steroid dienone is 1. The number of rotatable bonds is 4. The van der Waals surface area contributed by atoms with Gasteiger partial charge >= 0.3 is 0 Å². The molecule has 0 saturated carbocycles. The molecular formula is C21H21F3. The summed E-state index contributed by atoms with van der Waals surface area (Å²) in [6.07, 6.45) is 6.27. The van der Waals surface area contributed by atoms with E-state index < -0.39 is 17.5 Å². The van der Waals surface area contributed by atoms with Crippen molar-refractivity contribution in [3.05, 3.63) is 64.0 Å². The van der Waals surface area contributed by atoms with Crippen LogP contribution in [0.4, 0.5) is 13.2 Å². The zero-order valence-electron chi connectivity index (χ0n) is 14.1. The summed E-state index contributed by atoms with van der Waals surface area (Å²) in [4.78, 5) is 0. The Morgan fingerprint density at radius 3 is 2.42 bits per heavy atom. The van der Waals surface area contributed by atoms with E-state index in [4.69, 9.17) is 0 Å². The van der Waals surface area contributed by atoms with Gasteiger partial charge in [0.1, 0.15) is 5.82 Å². The number of fused-ring (bicyclic) bond motifs is 1. The van der Waals surface area contributed by atoms with Crippen LogP contribution in [-0.2, 0) is 12.8 Å². The number of benzene rings is 2. The number of hydrogen-bond acceptors (Lipinski definition) is 0. The average molecular weight is 330 g/mol. The van der Waals surface area contributed by atoms with Gasteiger partial charge in [-0.1, -0.05) is 44.1 Å². The summed E-state index contributed by atoms with van der Waals surface area (Å²) >= 11 is 0. The van der Waals surface area contributed by atoms with Crippen LogP contribution in [0.1, 0.15) is 49.8 Å². The third kappa shape index (κ3) is 3.00. The maximum Gasteiger partial charge on any atom is 0.167 e. The van der Waals surface area contributed by atoms with Gasteiger partial charge in [-0.05, 0) is 54.5 Å². The lowest BCUT2D eigenvalue weighted by atomic mass is 9.87. The monoisotopic (exact) mass is 330 g/mol. The lowest BCUT2D eigenvalue weighted by Crippen LogP contribution is -2.03. The quantitative estimate of drug-likeness (QED) is 0.603. The molecule has 0 atom stereocenters. The molecule has 0 amide bonds. The predicted molar refractivity (Wildman–Crippen MR) is 92.3 cm³/mol.